The van der Waals surface area contributed by atoms with Crippen molar-refractivity contribution in [3.8, 4) is 10.8 Å². The number of benzene rings is 1. The molecular weight excluding hydrogens is 411 g/mol. The zero-order valence-electron chi connectivity index (χ0n) is 11.3. The fourth-order valence-corrected chi connectivity index (χ4v) is 3.17. The van der Waals surface area contributed by atoms with Crippen LogP contribution in [0, 0.1) is 5.82 Å². The van der Waals surface area contributed by atoms with E-state index in [-0.39, 0.29) is 23.1 Å². The Morgan fingerprint density at radius 2 is 2.17 bits per heavy atom. The second-order valence-electron chi connectivity index (χ2n) is 4.31. The third-order valence-electron chi connectivity index (χ3n) is 2.73. The molecule has 0 saturated carbocycles. The molecule has 1 aromatic carbocycles. The van der Waals surface area contributed by atoms with Crippen molar-refractivity contribution in [2.45, 2.75) is 6.61 Å². The molecule has 0 radical (unpaired) electrons. The average Bonchev–Trinajstić information content (AvgIpc) is 3.13. The summed E-state index contributed by atoms with van der Waals surface area (Å²) >= 11 is 10.4. The molecule has 0 aliphatic carbocycles. The number of rotatable bonds is 4. The maximum absolute atomic E-state index is 13.6. The van der Waals surface area contributed by atoms with Crippen molar-refractivity contribution in [1.29, 1.82) is 0 Å². The number of hydrogen-bond donors (Lipinski definition) is 0. The molecule has 2 aromatic heterocycles. The minimum Gasteiger partial charge on any atom is -0.452 e. The maximum Gasteiger partial charge on any atom is 0.341 e. The molecule has 0 spiro atoms. The highest BCUT2D eigenvalue weighted by Crippen LogP contribution is 2.30. The maximum atomic E-state index is 13.6. The highest BCUT2D eigenvalue weighted by Gasteiger charge is 2.16. The highest BCUT2D eigenvalue weighted by molar-refractivity contribution is 9.11. The molecule has 0 amide bonds. The third-order valence-corrected chi connectivity index (χ3v) is 4.58. The SMILES string of the molecule is O=C(OCc1nnc(-c2ccc(Br)s2)o1)c1ccc(Cl)cc1F. The summed E-state index contributed by atoms with van der Waals surface area (Å²) in [5.74, 6) is -1.15. The van der Waals surface area contributed by atoms with E-state index in [1.807, 2.05) is 12.1 Å². The van der Waals surface area contributed by atoms with Crippen molar-refractivity contribution in [3.63, 3.8) is 0 Å². The van der Waals surface area contributed by atoms with E-state index in [4.69, 9.17) is 20.8 Å². The second kappa shape index (κ2) is 6.77. The molecule has 9 heteroatoms. The highest BCUT2D eigenvalue weighted by atomic mass is 79.9. The predicted octanol–water partition coefficient (Wildman–Crippen LogP) is 4.71. The van der Waals surface area contributed by atoms with Gasteiger partial charge in [0.15, 0.2) is 6.61 Å². The van der Waals surface area contributed by atoms with Crippen molar-refractivity contribution >= 4 is 44.8 Å². The van der Waals surface area contributed by atoms with E-state index in [1.54, 1.807) is 0 Å². The molecular formula is C14H7BrClFN2O3S. The third kappa shape index (κ3) is 3.77. The summed E-state index contributed by atoms with van der Waals surface area (Å²) in [7, 11) is 0. The van der Waals surface area contributed by atoms with Gasteiger partial charge in [0.05, 0.1) is 14.2 Å². The molecule has 3 rings (SSSR count). The summed E-state index contributed by atoms with van der Waals surface area (Å²) in [5, 5.41) is 7.85. The van der Waals surface area contributed by atoms with Crippen LogP contribution in [0.5, 0.6) is 0 Å². The Hall–Kier alpha value is -1.77. The minimum absolute atomic E-state index is 0.118. The lowest BCUT2D eigenvalue weighted by molar-refractivity contribution is 0.0433. The fourth-order valence-electron chi connectivity index (χ4n) is 1.70. The Bertz CT molecular complexity index is 867. The van der Waals surface area contributed by atoms with E-state index < -0.39 is 11.8 Å². The standard InChI is InChI=1S/C14H7BrClFN2O3S/c15-11-4-3-10(23-11)13-19-18-12(22-13)6-21-14(20)8-2-1-7(16)5-9(8)17/h1-5H,6H2. The molecule has 0 fully saturated rings. The molecule has 0 bridgehead atoms. The fraction of sp³-hybridized carbons (Fsp3) is 0.0714. The van der Waals surface area contributed by atoms with Crippen LogP contribution >= 0.6 is 38.9 Å². The molecule has 3 aromatic rings. The zero-order valence-corrected chi connectivity index (χ0v) is 14.4. The van der Waals surface area contributed by atoms with Gasteiger partial charge in [-0.3, -0.25) is 0 Å². The number of carbonyl (C=O) groups excluding carboxylic acids is 1. The Labute approximate surface area is 147 Å². The molecule has 0 unspecified atom stereocenters. The lowest BCUT2D eigenvalue weighted by Crippen LogP contribution is -2.07. The number of halogens is 3. The van der Waals surface area contributed by atoms with Gasteiger partial charge in [-0.25, -0.2) is 9.18 Å². The van der Waals surface area contributed by atoms with Crippen LogP contribution in [0.2, 0.25) is 5.02 Å². The van der Waals surface area contributed by atoms with Crippen LogP contribution in [0.25, 0.3) is 10.8 Å². The first-order chi connectivity index (χ1) is 11.0. The number of esters is 1. The largest absolute Gasteiger partial charge is 0.452 e. The quantitative estimate of drug-likeness (QED) is 0.575. The normalized spacial score (nSPS) is 10.7. The van der Waals surface area contributed by atoms with Gasteiger partial charge in [0, 0.05) is 5.02 Å². The molecule has 0 saturated heterocycles. The van der Waals surface area contributed by atoms with Crippen molar-refractivity contribution in [2.24, 2.45) is 0 Å². The Balaban J connectivity index is 1.66. The average molecular weight is 418 g/mol. The van der Waals surface area contributed by atoms with Gasteiger partial charge in [-0.15, -0.1) is 21.5 Å². The summed E-state index contributed by atoms with van der Waals surface area (Å²) in [5.41, 5.74) is -0.212. The van der Waals surface area contributed by atoms with Gasteiger partial charge < -0.3 is 9.15 Å². The molecule has 118 valence electrons. The zero-order chi connectivity index (χ0) is 16.4. The first-order valence-corrected chi connectivity index (χ1v) is 8.22. The van der Waals surface area contributed by atoms with Crippen LogP contribution in [0.4, 0.5) is 4.39 Å². The molecule has 23 heavy (non-hydrogen) atoms. The monoisotopic (exact) mass is 416 g/mol. The summed E-state index contributed by atoms with van der Waals surface area (Å²) in [4.78, 5) is 12.6. The van der Waals surface area contributed by atoms with E-state index in [2.05, 4.69) is 26.1 Å². The van der Waals surface area contributed by atoms with Gasteiger partial charge in [0.1, 0.15) is 5.82 Å². The smallest absolute Gasteiger partial charge is 0.341 e. The summed E-state index contributed by atoms with van der Waals surface area (Å²) < 4.78 is 24.9. The predicted molar refractivity (Wildman–Crippen MR) is 85.8 cm³/mol. The Morgan fingerprint density at radius 1 is 1.35 bits per heavy atom. The molecule has 5 nitrogen and oxygen atoms in total. The Morgan fingerprint density at radius 3 is 2.87 bits per heavy atom. The van der Waals surface area contributed by atoms with Crippen LogP contribution in [0.15, 0.2) is 38.5 Å². The number of ether oxygens (including phenoxy) is 1. The van der Waals surface area contributed by atoms with Crippen LogP contribution < -0.4 is 0 Å². The number of aromatic nitrogens is 2. The van der Waals surface area contributed by atoms with Crippen molar-refractivity contribution in [1.82, 2.24) is 10.2 Å². The van der Waals surface area contributed by atoms with Crippen molar-refractivity contribution in [3.05, 3.63) is 56.4 Å². The van der Waals surface area contributed by atoms with Gasteiger partial charge in [0.2, 0.25) is 0 Å². The number of hydrogen-bond acceptors (Lipinski definition) is 6. The Kier molecular flexibility index (Phi) is 4.74. The van der Waals surface area contributed by atoms with E-state index >= 15 is 0 Å². The van der Waals surface area contributed by atoms with E-state index in [0.29, 0.717) is 5.89 Å². The van der Waals surface area contributed by atoms with Gasteiger partial charge in [-0.05, 0) is 46.3 Å². The van der Waals surface area contributed by atoms with Crippen LogP contribution in [-0.2, 0) is 11.3 Å². The number of nitrogens with zero attached hydrogens (tertiary/aromatic N) is 2. The van der Waals surface area contributed by atoms with Gasteiger partial charge in [-0.2, -0.15) is 0 Å². The molecule has 0 aliphatic heterocycles. The lowest BCUT2D eigenvalue weighted by Gasteiger charge is -2.03. The van der Waals surface area contributed by atoms with Gasteiger partial charge >= 0.3 is 5.97 Å². The molecule has 2 heterocycles. The first-order valence-electron chi connectivity index (χ1n) is 6.23. The van der Waals surface area contributed by atoms with Gasteiger partial charge in [-0.1, -0.05) is 11.6 Å². The van der Waals surface area contributed by atoms with Gasteiger partial charge in [0.25, 0.3) is 11.8 Å². The van der Waals surface area contributed by atoms with Crippen LogP contribution in [0.1, 0.15) is 16.2 Å². The first kappa shape index (κ1) is 16.1. The van der Waals surface area contributed by atoms with Crippen LogP contribution in [-0.4, -0.2) is 16.2 Å². The molecule has 0 aliphatic rings. The summed E-state index contributed by atoms with van der Waals surface area (Å²) in [6.07, 6.45) is 0. The summed E-state index contributed by atoms with van der Waals surface area (Å²) in [6, 6.07) is 7.37. The topological polar surface area (TPSA) is 65.2 Å². The number of thiophene rings is 1. The van der Waals surface area contributed by atoms with Crippen molar-refractivity contribution < 1.29 is 18.3 Å². The van der Waals surface area contributed by atoms with Crippen molar-refractivity contribution in [2.75, 3.05) is 0 Å². The lowest BCUT2D eigenvalue weighted by atomic mass is 10.2. The molecule has 0 N–H and O–H groups in total. The number of carbonyl (C=O) groups is 1. The summed E-state index contributed by atoms with van der Waals surface area (Å²) in [6.45, 7) is -0.250. The van der Waals surface area contributed by atoms with E-state index in [1.165, 1.54) is 23.5 Å². The van der Waals surface area contributed by atoms with E-state index in [0.717, 1.165) is 14.7 Å². The molecule has 0 atom stereocenters. The second-order valence-corrected chi connectivity index (χ2v) is 7.20. The van der Waals surface area contributed by atoms with Crippen LogP contribution in [0.3, 0.4) is 0 Å². The minimum atomic E-state index is -0.835. The van der Waals surface area contributed by atoms with E-state index in [9.17, 15) is 9.18 Å².